The van der Waals surface area contributed by atoms with Gasteiger partial charge in [-0.05, 0) is 37.3 Å². The Bertz CT molecular complexity index is 1120. The Morgan fingerprint density at radius 3 is 2.50 bits per heavy atom. The van der Waals surface area contributed by atoms with Crippen LogP contribution in [0.4, 0.5) is 10.5 Å². The van der Waals surface area contributed by atoms with Crippen molar-refractivity contribution in [3.8, 4) is 0 Å². The average Bonchev–Trinajstić information content (AvgIpc) is 2.77. The van der Waals surface area contributed by atoms with Gasteiger partial charge in [-0.1, -0.05) is 29.8 Å². The number of benzene rings is 2. The number of nitrogens with one attached hydrogen (secondary N) is 1. The van der Waals surface area contributed by atoms with Gasteiger partial charge in [0.2, 0.25) is 0 Å². The lowest BCUT2D eigenvalue weighted by atomic mass is 10.2. The summed E-state index contributed by atoms with van der Waals surface area (Å²) >= 11 is 6.04. The van der Waals surface area contributed by atoms with Crippen LogP contribution >= 0.6 is 11.6 Å². The molecule has 1 fully saturated rings. The fourth-order valence-corrected chi connectivity index (χ4v) is 4.01. The summed E-state index contributed by atoms with van der Waals surface area (Å²) in [5.41, 5.74) is 1.32. The van der Waals surface area contributed by atoms with Crippen LogP contribution in [0.1, 0.15) is 18.8 Å². The molecule has 7 nitrogen and oxygen atoms in total. The Morgan fingerprint density at radius 2 is 1.80 bits per heavy atom. The summed E-state index contributed by atoms with van der Waals surface area (Å²) in [5, 5.41) is 3.97. The van der Waals surface area contributed by atoms with E-state index in [0.717, 1.165) is 5.69 Å². The predicted octanol–water partition coefficient (Wildman–Crippen LogP) is 3.50. The number of urea groups is 1. The first kappa shape index (κ1) is 20.4. The Kier molecular flexibility index (Phi) is 5.74. The minimum Gasteiger partial charge on any atom is -0.322 e. The molecule has 1 N–H and O–H groups in total. The van der Waals surface area contributed by atoms with Crippen LogP contribution in [0.15, 0.2) is 53.3 Å². The lowest BCUT2D eigenvalue weighted by molar-refractivity contribution is 0.114. The second-order valence-electron chi connectivity index (χ2n) is 7.49. The van der Waals surface area contributed by atoms with Crippen molar-refractivity contribution in [2.45, 2.75) is 13.0 Å². The Morgan fingerprint density at radius 1 is 1.10 bits per heavy atom. The van der Waals surface area contributed by atoms with Crippen molar-refractivity contribution in [2.24, 2.45) is 7.05 Å². The summed E-state index contributed by atoms with van der Waals surface area (Å²) in [7, 11) is 1.74. The molecule has 0 radical (unpaired) electrons. The summed E-state index contributed by atoms with van der Waals surface area (Å²) in [5.74, 6) is 0.706. The molecule has 3 aromatic rings. The molecular weight excluding hydrogens is 402 g/mol. The Hall–Kier alpha value is -2.90. The Labute approximate surface area is 179 Å². The molecule has 2 amide bonds. The lowest BCUT2D eigenvalue weighted by Gasteiger charge is -2.38. The quantitative estimate of drug-likeness (QED) is 0.697. The molecule has 1 aromatic heterocycles. The Balaban J connectivity index is 1.46. The summed E-state index contributed by atoms with van der Waals surface area (Å²) in [4.78, 5) is 34.1. The molecule has 1 saturated heterocycles. The van der Waals surface area contributed by atoms with E-state index in [0.29, 0.717) is 47.9 Å². The van der Waals surface area contributed by atoms with E-state index >= 15 is 0 Å². The van der Waals surface area contributed by atoms with Gasteiger partial charge in [0.15, 0.2) is 0 Å². The highest BCUT2D eigenvalue weighted by molar-refractivity contribution is 6.31. The molecule has 1 unspecified atom stereocenters. The molecule has 0 bridgehead atoms. The van der Waals surface area contributed by atoms with Crippen molar-refractivity contribution < 1.29 is 4.79 Å². The van der Waals surface area contributed by atoms with Crippen LogP contribution in [0.5, 0.6) is 0 Å². The van der Waals surface area contributed by atoms with Crippen LogP contribution in [0.2, 0.25) is 5.02 Å². The van der Waals surface area contributed by atoms with Gasteiger partial charge in [-0.15, -0.1) is 0 Å². The summed E-state index contributed by atoms with van der Waals surface area (Å²) in [6.07, 6.45) is 0. The van der Waals surface area contributed by atoms with Crippen molar-refractivity contribution in [3.05, 3.63) is 69.7 Å². The molecule has 1 aliphatic heterocycles. The summed E-state index contributed by atoms with van der Waals surface area (Å²) in [6.45, 7) is 4.68. The van der Waals surface area contributed by atoms with Crippen LogP contribution in [0.3, 0.4) is 0 Å². The first-order valence-electron chi connectivity index (χ1n) is 9.95. The van der Waals surface area contributed by atoms with Gasteiger partial charge < -0.3 is 10.2 Å². The minimum absolute atomic E-state index is 0.0536. The third-order valence-corrected chi connectivity index (χ3v) is 5.86. The first-order chi connectivity index (χ1) is 14.4. The highest BCUT2D eigenvalue weighted by Crippen LogP contribution is 2.22. The molecule has 30 heavy (non-hydrogen) atoms. The summed E-state index contributed by atoms with van der Waals surface area (Å²) in [6, 6.07) is 14.5. The second kappa shape index (κ2) is 8.45. The molecule has 8 heteroatoms. The van der Waals surface area contributed by atoms with Gasteiger partial charge in [-0.25, -0.2) is 9.78 Å². The molecule has 4 rings (SSSR count). The number of amides is 2. The SMILES string of the molecule is CC(c1nc2ccc(Cl)cc2c(=O)n1C)N1CCN(C(=O)Nc2ccccc2)CC1. The lowest BCUT2D eigenvalue weighted by Crippen LogP contribution is -2.51. The molecule has 0 aliphatic carbocycles. The highest BCUT2D eigenvalue weighted by atomic mass is 35.5. The van der Waals surface area contributed by atoms with Gasteiger partial charge in [0.1, 0.15) is 5.82 Å². The number of hydrogen-bond donors (Lipinski definition) is 1. The van der Waals surface area contributed by atoms with E-state index in [2.05, 4.69) is 10.2 Å². The molecular formula is C22H24ClN5O2. The van der Waals surface area contributed by atoms with E-state index in [4.69, 9.17) is 16.6 Å². The van der Waals surface area contributed by atoms with Gasteiger partial charge in [-0.2, -0.15) is 0 Å². The van der Waals surface area contributed by atoms with Crippen molar-refractivity contribution in [3.63, 3.8) is 0 Å². The maximum absolute atomic E-state index is 12.8. The number of carbonyl (C=O) groups excluding carboxylic acids is 1. The van der Waals surface area contributed by atoms with Crippen molar-refractivity contribution in [2.75, 3.05) is 31.5 Å². The van der Waals surface area contributed by atoms with Crippen molar-refractivity contribution in [1.29, 1.82) is 0 Å². The standard InChI is InChI=1S/C22H24ClN5O2/c1-15(20-25-19-9-8-16(23)14-18(19)21(29)26(20)2)27-10-12-28(13-11-27)22(30)24-17-6-4-3-5-7-17/h3-9,14-15H,10-13H2,1-2H3,(H,24,30). The summed E-state index contributed by atoms with van der Waals surface area (Å²) < 4.78 is 1.60. The smallest absolute Gasteiger partial charge is 0.321 e. The van der Waals surface area contributed by atoms with Crippen LogP contribution in [0, 0.1) is 0 Å². The van der Waals surface area contributed by atoms with Gasteiger partial charge in [0, 0.05) is 43.9 Å². The van der Waals surface area contributed by atoms with Gasteiger partial charge in [-0.3, -0.25) is 14.3 Å². The largest absolute Gasteiger partial charge is 0.322 e. The number of rotatable bonds is 3. The number of piperazine rings is 1. The van der Waals surface area contributed by atoms with E-state index in [1.54, 1.807) is 29.8 Å². The van der Waals surface area contributed by atoms with Crippen LogP contribution in [-0.2, 0) is 7.05 Å². The third-order valence-electron chi connectivity index (χ3n) is 5.62. The monoisotopic (exact) mass is 425 g/mol. The number of halogens is 1. The van der Waals surface area contributed by atoms with Crippen molar-refractivity contribution in [1.82, 2.24) is 19.4 Å². The van der Waals surface area contributed by atoms with E-state index in [1.165, 1.54) is 0 Å². The van der Waals surface area contributed by atoms with Crippen LogP contribution in [-0.4, -0.2) is 51.6 Å². The average molecular weight is 426 g/mol. The number of para-hydroxylation sites is 1. The van der Waals surface area contributed by atoms with Gasteiger partial charge in [0.05, 0.1) is 16.9 Å². The normalized spacial score (nSPS) is 15.9. The maximum atomic E-state index is 12.8. The van der Waals surface area contributed by atoms with Crippen LogP contribution in [0.25, 0.3) is 10.9 Å². The fraction of sp³-hybridized carbons (Fsp3) is 0.318. The number of fused-ring (bicyclic) bond motifs is 1. The highest BCUT2D eigenvalue weighted by Gasteiger charge is 2.27. The van der Waals surface area contributed by atoms with Gasteiger partial charge in [0.25, 0.3) is 5.56 Å². The molecule has 2 aromatic carbocycles. The van der Waals surface area contributed by atoms with E-state index < -0.39 is 0 Å². The molecule has 0 spiro atoms. The topological polar surface area (TPSA) is 70.5 Å². The zero-order valence-corrected chi connectivity index (χ0v) is 17.8. The predicted molar refractivity (Wildman–Crippen MR) is 119 cm³/mol. The van der Waals surface area contributed by atoms with Gasteiger partial charge >= 0.3 is 6.03 Å². The second-order valence-corrected chi connectivity index (χ2v) is 7.93. The van der Waals surface area contributed by atoms with E-state index in [9.17, 15) is 9.59 Å². The van der Waals surface area contributed by atoms with E-state index in [-0.39, 0.29) is 17.6 Å². The maximum Gasteiger partial charge on any atom is 0.321 e. The minimum atomic E-state index is -0.106. The van der Waals surface area contributed by atoms with E-state index in [1.807, 2.05) is 42.2 Å². The van der Waals surface area contributed by atoms with Crippen LogP contribution < -0.4 is 10.9 Å². The third kappa shape index (κ3) is 4.04. The zero-order valence-electron chi connectivity index (χ0n) is 17.0. The van der Waals surface area contributed by atoms with Crippen molar-refractivity contribution >= 4 is 34.2 Å². The number of aromatic nitrogens is 2. The fourth-order valence-electron chi connectivity index (χ4n) is 3.83. The first-order valence-corrected chi connectivity index (χ1v) is 10.3. The zero-order chi connectivity index (χ0) is 21.3. The number of hydrogen-bond acceptors (Lipinski definition) is 4. The number of anilines is 1. The number of carbonyl (C=O) groups is 1. The molecule has 156 valence electrons. The number of nitrogens with zero attached hydrogens (tertiary/aromatic N) is 4. The molecule has 2 heterocycles. The molecule has 0 saturated carbocycles. The molecule has 1 atom stereocenters. The molecule has 1 aliphatic rings.